The van der Waals surface area contributed by atoms with Gasteiger partial charge in [-0.2, -0.15) is 5.26 Å². The number of nitrogens with zero attached hydrogens (tertiary/aromatic N) is 1. The van der Waals surface area contributed by atoms with Gasteiger partial charge in [0.15, 0.2) is 9.84 Å². The van der Waals surface area contributed by atoms with Gasteiger partial charge >= 0.3 is 0 Å². The number of nitriles is 1. The molecule has 0 aromatic heterocycles. The molecule has 0 aromatic rings. The molecule has 0 aliphatic heterocycles. The highest BCUT2D eigenvalue weighted by Gasteiger charge is 2.15. The number of sulfone groups is 1. The maximum Gasteiger partial charge on any atom is 0.235 e. The van der Waals surface area contributed by atoms with Crippen LogP contribution in [0.3, 0.4) is 0 Å². The van der Waals surface area contributed by atoms with Crippen molar-refractivity contribution in [2.75, 3.05) is 18.1 Å². The number of hydrogen-bond acceptors (Lipinski definition) is 4. The van der Waals surface area contributed by atoms with Crippen LogP contribution in [0.5, 0.6) is 0 Å². The summed E-state index contributed by atoms with van der Waals surface area (Å²) >= 11 is 0. The van der Waals surface area contributed by atoms with Crippen molar-refractivity contribution in [3.8, 4) is 6.07 Å². The molecule has 0 aliphatic carbocycles. The number of carbonyl (C=O) groups excluding carboxylic acids is 1. The SMILES string of the molecule is CC(C)CNC(=O)CS(=O)(=O)CCC#N. The second-order valence-electron chi connectivity index (χ2n) is 3.70. The highest BCUT2D eigenvalue weighted by molar-refractivity contribution is 7.92. The van der Waals surface area contributed by atoms with Crippen LogP contribution in [0.15, 0.2) is 0 Å². The van der Waals surface area contributed by atoms with E-state index in [0.29, 0.717) is 6.54 Å². The van der Waals surface area contributed by atoms with Crippen molar-refractivity contribution in [3.05, 3.63) is 0 Å². The normalized spacial score (nSPS) is 11.1. The molecule has 0 rings (SSSR count). The van der Waals surface area contributed by atoms with Crippen molar-refractivity contribution in [1.29, 1.82) is 5.26 Å². The summed E-state index contributed by atoms with van der Waals surface area (Å²) < 4.78 is 22.5. The van der Waals surface area contributed by atoms with E-state index in [1.54, 1.807) is 6.07 Å². The first-order chi connectivity index (χ1) is 6.87. The van der Waals surface area contributed by atoms with E-state index in [2.05, 4.69) is 5.32 Å². The van der Waals surface area contributed by atoms with Gasteiger partial charge in [-0.05, 0) is 5.92 Å². The van der Waals surface area contributed by atoms with Gasteiger partial charge in [-0.15, -0.1) is 0 Å². The van der Waals surface area contributed by atoms with Crippen LogP contribution < -0.4 is 5.32 Å². The third kappa shape index (κ3) is 7.94. The number of rotatable bonds is 6. The minimum atomic E-state index is -3.43. The quantitative estimate of drug-likeness (QED) is 0.703. The zero-order chi connectivity index (χ0) is 11.9. The first kappa shape index (κ1) is 13.9. The van der Waals surface area contributed by atoms with Gasteiger partial charge in [0.1, 0.15) is 5.75 Å². The van der Waals surface area contributed by atoms with Crippen LogP contribution in [-0.2, 0) is 14.6 Å². The second kappa shape index (κ2) is 6.40. The lowest BCUT2D eigenvalue weighted by Gasteiger charge is -2.07. The lowest BCUT2D eigenvalue weighted by molar-refractivity contribution is -0.118. The predicted molar refractivity (Wildman–Crippen MR) is 56.7 cm³/mol. The summed E-state index contributed by atoms with van der Waals surface area (Å²) in [6, 6.07) is 1.74. The fourth-order valence-corrected chi connectivity index (χ4v) is 1.89. The van der Waals surface area contributed by atoms with Crippen molar-refractivity contribution < 1.29 is 13.2 Å². The standard InChI is InChI=1S/C9H16N2O3S/c1-8(2)6-11-9(12)7-15(13,14)5-3-4-10/h8H,3,5-7H2,1-2H3,(H,11,12). The van der Waals surface area contributed by atoms with Crippen molar-refractivity contribution in [1.82, 2.24) is 5.32 Å². The Morgan fingerprint density at radius 1 is 1.47 bits per heavy atom. The van der Waals surface area contributed by atoms with Crippen molar-refractivity contribution >= 4 is 15.7 Å². The van der Waals surface area contributed by atoms with Gasteiger partial charge in [-0.1, -0.05) is 13.8 Å². The van der Waals surface area contributed by atoms with E-state index in [1.807, 2.05) is 13.8 Å². The van der Waals surface area contributed by atoms with Crippen molar-refractivity contribution in [2.24, 2.45) is 5.92 Å². The second-order valence-corrected chi connectivity index (χ2v) is 5.88. The zero-order valence-electron chi connectivity index (χ0n) is 8.99. The maximum absolute atomic E-state index is 11.2. The molecule has 1 N–H and O–H groups in total. The van der Waals surface area contributed by atoms with Crippen LogP contribution in [0.4, 0.5) is 0 Å². The molecule has 6 heteroatoms. The molecule has 0 bridgehead atoms. The fourth-order valence-electron chi connectivity index (χ4n) is 0.842. The van der Waals surface area contributed by atoms with E-state index in [-0.39, 0.29) is 18.1 Å². The Kier molecular flexibility index (Phi) is 5.94. The molecule has 1 amide bonds. The van der Waals surface area contributed by atoms with E-state index in [4.69, 9.17) is 5.26 Å². The molecule has 0 radical (unpaired) electrons. The summed E-state index contributed by atoms with van der Waals surface area (Å²) in [6.07, 6.45) is -0.0696. The smallest absolute Gasteiger partial charge is 0.235 e. The van der Waals surface area contributed by atoms with Gasteiger partial charge in [0, 0.05) is 13.0 Å². The Hall–Kier alpha value is -1.09. The summed E-state index contributed by atoms with van der Waals surface area (Å²) in [5.74, 6) is -0.989. The van der Waals surface area contributed by atoms with E-state index in [9.17, 15) is 13.2 Å². The van der Waals surface area contributed by atoms with Gasteiger partial charge < -0.3 is 5.32 Å². The summed E-state index contributed by atoms with van der Waals surface area (Å²) in [5.41, 5.74) is 0. The third-order valence-electron chi connectivity index (χ3n) is 1.58. The highest BCUT2D eigenvalue weighted by atomic mass is 32.2. The van der Waals surface area contributed by atoms with E-state index in [0.717, 1.165) is 0 Å². The van der Waals surface area contributed by atoms with Crippen molar-refractivity contribution in [3.63, 3.8) is 0 Å². The lowest BCUT2D eigenvalue weighted by Crippen LogP contribution is -2.33. The summed E-state index contributed by atoms with van der Waals surface area (Å²) in [4.78, 5) is 11.2. The average molecular weight is 232 g/mol. The van der Waals surface area contributed by atoms with E-state index >= 15 is 0 Å². The third-order valence-corrected chi connectivity index (χ3v) is 3.11. The number of hydrogen-bond donors (Lipinski definition) is 1. The number of carbonyl (C=O) groups is 1. The van der Waals surface area contributed by atoms with Gasteiger partial charge in [-0.3, -0.25) is 4.79 Å². The molecule has 86 valence electrons. The van der Waals surface area contributed by atoms with E-state index < -0.39 is 21.5 Å². The topological polar surface area (TPSA) is 87.0 Å². The molecule has 0 unspecified atom stereocenters. The first-order valence-electron chi connectivity index (χ1n) is 4.71. The van der Waals surface area contributed by atoms with Crippen molar-refractivity contribution in [2.45, 2.75) is 20.3 Å². The summed E-state index contributed by atoms with van der Waals surface area (Å²) in [7, 11) is -3.43. The molecular formula is C9H16N2O3S. The maximum atomic E-state index is 11.2. The monoisotopic (exact) mass is 232 g/mol. The van der Waals surface area contributed by atoms with Gasteiger partial charge in [-0.25, -0.2) is 8.42 Å². The van der Waals surface area contributed by atoms with Crippen LogP contribution in [0.25, 0.3) is 0 Å². The van der Waals surface area contributed by atoms with Crippen LogP contribution >= 0.6 is 0 Å². The lowest BCUT2D eigenvalue weighted by atomic mass is 10.2. The molecule has 15 heavy (non-hydrogen) atoms. The van der Waals surface area contributed by atoms with Gasteiger partial charge in [0.25, 0.3) is 0 Å². The van der Waals surface area contributed by atoms with Crippen LogP contribution in [0.1, 0.15) is 20.3 Å². The molecule has 5 nitrogen and oxygen atoms in total. The molecule has 0 aromatic carbocycles. The summed E-state index contributed by atoms with van der Waals surface area (Å²) in [6.45, 7) is 4.31. The Balaban J connectivity index is 4.01. The Labute approximate surface area is 90.4 Å². The molecule has 0 aliphatic rings. The van der Waals surface area contributed by atoms with Crippen LogP contribution in [0.2, 0.25) is 0 Å². The Bertz CT molecular complexity index is 341. The minimum absolute atomic E-state index is 0.0696. The number of nitrogens with one attached hydrogen (secondary N) is 1. The highest BCUT2D eigenvalue weighted by Crippen LogP contribution is 1.94. The molecule has 0 saturated carbocycles. The molecule has 0 heterocycles. The van der Waals surface area contributed by atoms with E-state index in [1.165, 1.54) is 0 Å². The molecule has 0 atom stereocenters. The molecule has 0 spiro atoms. The first-order valence-corrected chi connectivity index (χ1v) is 6.53. The van der Waals surface area contributed by atoms with Crippen LogP contribution in [-0.4, -0.2) is 32.4 Å². The zero-order valence-corrected chi connectivity index (χ0v) is 9.80. The molecular weight excluding hydrogens is 216 g/mol. The molecule has 0 fully saturated rings. The predicted octanol–water partition coefficient (Wildman–Crippen LogP) is 0.0871. The molecule has 0 saturated heterocycles. The number of amides is 1. The Morgan fingerprint density at radius 3 is 2.53 bits per heavy atom. The van der Waals surface area contributed by atoms with Gasteiger partial charge in [0.05, 0.1) is 11.8 Å². The Morgan fingerprint density at radius 2 is 2.07 bits per heavy atom. The van der Waals surface area contributed by atoms with Crippen LogP contribution in [0, 0.1) is 17.2 Å². The minimum Gasteiger partial charge on any atom is -0.355 e. The fraction of sp³-hybridized carbons (Fsp3) is 0.778. The average Bonchev–Trinajstić information content (AvgIpc) is 2.11. The summed E-state index contributed by atoms with van der Waals surface area (Å²) in [5, 5.41) is 10.7. The van der Waals surface area contributed by atoms with Gasteiger partial charge in [0.2, 0.25) is 5.91 Å². The largest absolute Gasteiger partial charge is 0.355 e.